The van der Waals surface area contributed by atoms with Gasteiger partial charge in [0, 0.05) is 10.2 Å². The molecule has 0 radical (unpaired) electrons. The Labute approximate surface area is 119 Å². The number of amides is 2. The van der Waals surface area contributed by atoms with Crippen LogP contribution in [-0.2, 0) is 4.79 Å². The molecule has 1 aromatic rings. The average Bonchev–Trinajstić information content (AvgIpc) is 2.28. The lowest BCUT2D eigenvalue weighted by molar-refractivity contribution is -0.139. The third kappa shape index (κ3) is 3.70. The van der Waals surface area contributed by atoms with Gasteiger partial charge in [0.25, 0.3) is 0 Å². The molecule has 1 aliphatic carbocycles. The van der Waals surface area contributed by atoms with Gasteiger partial charge in [-0.15, -0.1) is 0 Å². The van der Waals surface area contributed by atoms with Crippen molar-refractivity contribution < 1.29 is 14.7 Å². The number of carbonyl (C=O) groups is 2. The van der Waals surface area contributed by atoms with Crippen LogP contribution in [0, 0.1) is 0 Å². The van der Waals surface area contributed by atoms with Gasteiger partial charge in [-0.3, -0.25) is 4.79 Å². The highest BCUT2D eigenvalue weighted by Crippen LogP contribution is 2.34. The summed E-state index contributed by atoms with van der Waals surface area (Å²) in [5.41, 5.74) is 0.0937. The monoisotopic (exact) mass is 326 g/mol. The highest BCUT2D eigenvalue weighted by atomic mass is 79.9. The molecule has 0 unspecified atom stereocenters. The Balaban J connectivity index is 1.93. The zero-order valence-corrected chi connectivity index (χ0v) is 11.9. The van der Waals surface area contributed by atoms with Crippen LogP contribution in [0.2, 0.25) is 0 Å². The Kier molecular flexibility index (Phi) is 4.09. The maximum atomic E-state index is 11.9. The Morgan fingerprint density at radius 3 is 2.37 bits per heavy atom. The average molecular weight is 327 g/mol. The molecule has 1 fully saturated rings. The van der Waals surface area contributed by atoms with Crippen LogP contribution in [0.25, 0.3) is 0 Å². The Bertz CT molecular complexity index is 483. The summed E-state index contributed by atoms with van der Waals surface area (Å²) in [7, 11) is 0. The topological polar surface area (TPSA) is 78.4 Å². The lowest BCUT2D eigenvalue weighted by atomic mass is 9.74. The van der Waals surface area contributed by atoms with Crippen LogP contribution in [0.4, 0.5) is 10.5 Å². The van der Waals surface area contributed by atoms with Crippen molar-refractivity contribution >= 4 is 33.6 Å². The fourth-order valence-corrected chi connectivity index (χ4v) is 2.44. The van der Waals surface area contributed by atoms with Gasteiger partial charge in [-0.05, 0) is 43.5 Å². The fraction of sp³-hybridized carbons (Fsp3) is 0.385. The number of halogens is 1. The molecule has 6 heteroatoms. The van der Waals surface area contributed by atoms with Crippen molar-refractivity contribution in [3.05, 3.63) is 28.7 Å². The van der Waals surface area contributed by atoms with E-state index >= 15 is 0 Å². The van der Waals surface area contributed by atoms with Crippen LogP contribution in [0.3, 0.4) is 0 Å². The number of benzene rings is 1. The number of hydrogen-bond donors (Lipinski definition) is 3. The van der Waals surface area contributed by atoms with Gasteiger partial charge in [0.1, 0.15) is 0 Å². The number of carboxylic acids is 1. The SMILES string of the molecule is O=C(O)CC1(NC(=O)Nc2ccc(Br)cc2)CCC1. The van der Waals surface area contributed by atoms with Gasteiger partial charge in [-0.1, -0.05) is 15.9 Å². The standard InChI is InChI=1S/C13H15BrN2O3/c14-9-2-4-10(5-3-9)15-12(19)16-13(6-1-7-13)8-11(17)18/h2-5H,1,6-8H2,(H,17,18)(H2,15,16,19). The second kappa shape index (κ2) is 5.61. The first-order chi connectivity index (χ1) is 8.99. The molecule has 3 N–H and O–H groups in total. The van der Waals surface area contributed by atoms with Gasteiger partial charge in [0.05, 0.1) is 12.0 Å². The number of aliphatic carboxylic acids is 1. The minimum Gasteiger partial charge on any atom is -0.481 e. The number of urea groups is 1. The smallest absolute Gasteiger partial charge is 0.319 e. The first kappa shape index (κ1) is 13.9. The molecule has 1 saturated carbocycles. The number of hydrogen-bond acceptors (Lipinski definition) is 2. The molecule has 2 amide bonds. The highest BCUT2D eigenvalue weighted by Gasteiger charge is 2.40. The second-order valence-electron chi connectivity index (χ2n) is 4.79. The van der Waals surface area contributed by atoms with Crippen LogP contribution in [0.15, 0.2) is 28.7 Å². The maximum Gasteiger partial charge on any atom is 0.319 e. The van der Waals surface area contributed by atoms with Gasteiger partial charge in [0.15, 0.2) is 0 Å². The summed E-state index contributed by atoms with van der Waals surface area (Å²) in [6.45, 7) is 0. The van der Waals surface area contributed by atoms with E-state index < -0.39 is 11.5 Å². The maximum absolute atomic E-state index is 11.9. The van der Waals surface area contributed by atoms with E-state index in [0.717, 1.165) is 10.9 Å². The summed E-state index contributed by atoms with van der Waals surface area (Å²) in [5.74, 6) is -0.886. The normalized spacial score (nSPS) is 16.3. The summed E-state index contributed by atoms with van der Waals surface area (Å²) >= 11 is 3.31. The predicted molar refractivity (Wildman–Crippen MR) is 75.1 cm³/mol. The number of rotatable bonds is 4. The highest BCUT2D eigenvalue weighted by molar-refractivity contribution is 9.10. The Morgan fingerprint density at radius 2 is 1.89 bits per heavy atom. The van der Waals surface area contributed by atoms with Gasteiger partial charge < -0.3 is 15.7 Å². The molecule has 0 atom stereocenters. The molecule has 1 aliphatic rings. The second-order valence-corrected chi connectivity index (χ2v) is 5.71. The van der Waals surface area contributed by atoms with Gasteiger partial charge >= 0.3 is 12.0 Å². The van der Waals surface area contributed by atoms with E-state index in [-0.39, 0.29) is 12.5 Å². The van der Waals surface area contributed by atoms with Crippen molar-refractivity contribution in [3.63, 3.8) is 0 Å². The Hall–Kier alpha value is -1.56. The summed E-state index contributed by atoms with van der Waals surface area (Å²) in [6, 6.07) is 6.84. The van der Waals surface area contributed by atoms with Crippen LogP contribution >= 0.6 is 15.9 Å². The molecule has 1 aromatic carbocycles. The molecular weight excluding hydrogens is 312 g/mol. The number of carbonyl (C=O) groups excluding carboxylic acids is 1. The van der Waals surface area contributed by atoms with E-state index in [4.69, 9.17) is 5.11 Å². The van der Waals surface area contributed by atoms with Crippen molar-refractivity contribution in [2.24, 2.45) is 0 Å². The molecule has 5 nitrogen and oxygen atoms in total. The quantitative estimate of drug-likeness (QED) is 0.795. The van der Waals surface area contributed by atoms with Crippen LogP contribution in [0.1, 0.15) is 25.7 Å². The first-order valence-corrected chi connectivity index (χ1v) is 6.85. The molecule has 0 bridgehead atoms. The molecule has 2 rings (SSSR count). The lowest BCUT2D eigenvalue weighted by Crippen LogP contribution is -2.55. The molecule has 0 saturated heterocycles. The molecule has 0 aromatic heterocycles. The summed E-state index contributed by atoms with van der Waals surface area (Å²) < 4.78 is 0.930. The third-order valence-corrected chi connectivity index (χ3v) is 3.81. The van der Waals surface area contributed by atoms with Crippen molar-refractivity contribution in [3.8, 4) is 0 Å². The zero-order valence-electron chi connectivity index (χ0n) is 10.3. The van der Waals surface area contributed by atoms with Crippen LogP contribution < -0.4 is 10.6 Å². The Morgan fingerprint density at radius 1 is 1.26 bits per heavy atom. The van der Waals surface area contributed by atoms with E-state index in [1.807, 2.05) is 12.1 Å². The summed E-state index contributed by atoms with van der Waals surface area (Å²) in [4.78, 5) is 22.7. The van der Waals surface area contributed by atoms with E-state index in [1.54, 1.807) is 12.1 Å². The molecule has 0 aliphatic heterocycles. The van der Waals surface area contributed by atoms with Crippen LogP contribution in [0.5, 0.6) is 0 Å². The number of nitrogens with one attached hydrogen (secondary N) is 2. The van der Waals surface area contributed by atoms with Gasteiger partial charge in [0.2, 0.25) is 0 Å². The van der Waals surface area contributed by atoms with Crippen molar-refractivity contribution in [1.29, 1.82) is 0 Å². The predicted octanol–water partition coefficient (Wildman–Crippen LogP) is 2.97. The van der Waals surface area contributed by atoms with Gasteiger partial charge in [-0.2, -0.15) is 0 Å². The van der Waals surface area contributed by atoms with E-state index in [9.17, 15) is 9.59 Å². The molecule has 102 valence electrons. The minimum atomic E-state index is -0.886. The zero-order chi connectivity index (χ0) is 13.9. The number of carboxylic acid groups (broad SMARTS) is 1. The van der Waals surface area contributed by atoms with E-state index in [2.05, 4.69) is 26.6 Å². The van der Waals surface area contributed by atoms with Crippen LogP contribution in [-0.4, -0.2) is 22.6 Å². The third-order valence-electron chi connectivity index (χ3n) is 3.28. The largest absolute Gasteiger partial charge is 0.481 e. The molecule has 0 spiro atoms. The first-order valence-electron chi connectivity index (χ1n) is 6.06. The van der Waals surface area contributed by atoms with Crippen molar-refractivity contribution in [1.82, 2.24) is 5.32 Å². The number of anilines is 1. The van der Waals surface area contributed by atoms with Crippen molar-refractivity contribution in [2.75, 3.05) is 5.32 Å². The summed E-state index contributed by atoms with van der Waals surface area (Å²) in [5, 5.41) is 14.4. The summed E-state index contributed by atoms with van der Waals surface area (Å²) in [6.07, 6.45) is 2.35. The van der Waals surface area contributed by atoms with Gasteiger partial charge in [-0.25, -0.2) is 4.79 Å². The molecular formula is C13H15BrN2O3. The molecule has 19 heavy (non-hydrogen) atoms. The fourth-order valence-electron chi connectivity index (χ4n) is 2.18. The lowest BCUT2D eigenvalue weighted by Gasteiger charge is -2.41. The van der Waals surface area contributed by atoms with E-state index in [1.165, 1.54) is 0 Å². The minimum absolute atomic E-state index is 0.0270. The van der Waals surface area contributed by atoms with E-state index in [0.29, 0.717) is 18.5 Å². The molecule has 0 heterocycles. The van der Waals surface area contributed by atoms with Crippen molar-refractivity contribution in [2.45, 2.75) is 31.2 Å².